The molecule has 0 aromatic carbocycles. The number of unbranched alkanes of at least 4 members (excludes halogenated alkanes) is 5. The molecule has 1 N–H and O–H groups in total. The van der Waals surface area contributed by atoms with Crippen molar-refractivity contribution in [3.05, 3.63) is 12.2 Å². The first kappa shape index (κ1) is 15.0. The lowest BCUT2D eigenvalue weighted by atomic mass is 9.90. The van der Waals surface area contributed by atoms with Crippen molar-refractivity contribution in [2.45, 2.75) is 57.2 Å². The van der Waals surface area contributed by atoms with Gasteiger partial charge < -0.3 is 14.6 Å². The van der Waals surface area contributed by atoms with Gasteiger partial charge in [-0.1, -0.05) is 32.3 Å². The number of rotatable bonds is 8. The maximum Gasteiger partial charge on any atom is 0.348 e. The fraction of sp³-hybridized carbons (Fsp3) is 0.733. The molecule has 0 aliphatic carbocycles. The van der Waals surface area contributed by atoms with Gasteiger partial charge in [0, 0.05) is 12.2 Å². The van der Waals surface area contributed by atoms with Crippen LogP contribution in [0, 0.1) is 5.92 Å². The summed E-state index contributed by atoms with van der Waals surface area (Å²) in [7, 11) is 0. The third-order valence-electron chi connectivity index (χ3n) is 4.02. The molecule has 0 spiro atoms. The van der Waals surface area contributed by atoms with Crippen molar-refractivity contribution in [2.75, 3.05) is 6.61 Å². The van der Waals surface area contributed by atoms with Gasteiger partial charge >= 0.3 is 11.9 Å². The molecule has 0 aromatic heterocycles. The fourth-order valence-corrected chi connectivity index (χ4v) is 2.89. The zero-order valence-corrected chi connectivity index (χ0v) is 11.7. The Hall–Kier alpha value is -1.36. The molecular formula is C15H22O5. The Morgan fingerprint density at radius 3 is 2.35 bits per heavy atom. The first-order valence-electron chi connectivity index (χ1n) is 7.36. The van der Waals surface area contributed by atoms with Crippen molar-refractivity contribution in [3.63, 3.8) is 0 Å². The van der Waals surface area contributed by atoms with E-state index >= 15 is 0 Å². The molecule has 5 nitrogen and oxygen atoms in total. The van der Waals surface area contributed by atoms with E-state index in [1.807, 2.05) is 0 Å². The Kier molecular flexibility index (Phi) is 5.17. The number of aliphatic hydroxyl groups excluding tert-OH is 1. The molecule has 20 heavy (non-hydrogen) atoms. The molecule has 2 heterocycles. The van der Waals surface area contributed by atoms with Gasteiger partial charge in [-0.2, -0.15) is 0 Å². The van der Waals surface area contributed by atoms with E-state index in [1.165, 1.54) is 0 Å². The molecule has 2 aliphatic heterocycles. The normalized spacial score (nSPS) is 28.4. The molecule has 3 unspecified atom stereocenters. The molecule has 5 heteroatoms. The summed E-state index contributed by atoms with van der Waals surface area (Å²) < 4.78 is 10.3. The number of aliphatic hydroxyl groups is 1. The van der Waals surface area contributed by atoms with Crippen molar-refractivity contribution in [3.8, 4) is 0 Å². The van der Waals surface area contributed by atoms with Crippen molar-refractivity contribution >= 4 is 11.9 Å². The quantitative estimate of drug-likeness (QED) is 0.417. The summed E-state index contributed by atoms with van der Waals surface area (Å²) in [4.78, 5) is 23.0. The van der Waals surface area contributed by atoms with Crippen LogP contribution in [0.25, 0.3) is 0 Å². The molecule has 3 atom stereocenters. The molecule has 2 saturated heterocycles. The lowest BCUT2D eigenvalue weighted by Gasteiger charge is -2.14. The highest BCUT2D eigenvalue weighted by Crippen LogP contribution is 2.39. The zero-order valence-electron chi connectivity index (χ0n) is 11.7. The maximum atomic E-state index is 11.6. The SMILES string of the molecule is C=C1C(=O)OC2C(=O)OC(CCCCCCCCO)C12. The Balaban J connectivity index is 1.70. The summed E-state index contributed by atoms with van der Waals surface area (Å²) in [6.07, 6.45) is 5.91. The van der Waals surface area contributed by atoms with E-state index in [9.17, 15) is 9.59 Å². The molecule has 0 bridgehead atoms. The Labute approximate surface area is 118 Å². The summed E-state index contributed by atoms with van der Waals surface area (Å²) in [5.41, 5.74) is 0.369. The first-order valence-corrected chi connectivity index (χ1v) is 7.36. The fourth-order valence-electron chi connectivity index (χ4n) is 2.89. The smallest absolute Gasteiger partial charge is 0.348 e. The lowest BCUT2D eigenvalue weighted by Crippen LogP contribution is -2.21. The Bertz CT molecular complexity index is 390. The van der Waals surface area contributed by atoms with Crippen LogP contribution >= 0.6 is 0 Å². The molecule has 2 rings (SSSR count). The van der Waals surface area contributed by atoms with Gasteiger partial charge in [0.05, 0.1) is 5.92 Å². The number of esters is 2. The number of fused-ring (bicyclic) bond motifs is 1. The second kappa shape index (κ2) is 6.88. The minimum Gasteiger partial charge on any atom is -0.459 e. The Morgan fingerprint density at radius 2 is 1.65 bits per heavy atom. The van der Waals surface area contributed by atoms with Gasteiger partial charge in [-0.3, -0.25) is 0 Å². The molecule has 2 aliphatic rings. The Morgan fingerprint density at radius 1 is 1.00 bits per heavy atom. The summed E-state index contributed by atoms with van der Waals surface area (Å²) in [6.45, 7) is 3.97. The van der Waals surface area contributed by atoms with Crippen LogP contribution in [0.5, 0.6) is 0 Å². The van der Waals surface area contributed by atoms with E-state index < -0.39 is 18.0 Å². The van der Waals surface area contributed by atoms with Crippen LogP contribution < -0.4 is 0 Å². The zero-order chi connectivity index (χ0) is 14.5. The summed E-state index contributed by atoms with van der Waals surface area (Å²) in [5, 5.41) is 8.67. The third-order valence-corrected chi connectivity index (χ3v) is 4.02. The minimum atomic E-state index is -0.760. The predicted octanol–water partition coefficient (Wildman–Crippen LogP) is 1.73. The van der Waals surface area contributed by atoms with Crippen LogP contribution in [-0.4, -0.2) is 35.9 Å². The second-order valence-corrected chi connectivity index (χ2v) is 5.49. The monoisotopic (exact) mass is 282 g/mol. The van der Waals surface area contributed by atoms with Gasteiger partial charge in [0.2, 0.25) is 6.10 Å². The molecule has 0 radical (unpaired) electrons. The van der Waals surface area contributed by atoms with Crippen LogP contribution in [-0.2, 0) is 19.1 Å². The van der Waals surface area contributed by atoms with E-state index in [1.54, 1.807) is 0 Å². The van der Waals surface area contributed by atoms with Crippen LogP contribution in [0.1, 0.15) is 44.9 Å². The van der Waals surface area contributed by atoms with Gasteiger partial charge in [0.25, 0.3) is 0 Å². The number of hydrogen-bond donors (Lipinski definition) is 1. The van der Waals surface area contributed by atoms with Gasteiger partial charge in [0.1, 0.15) is 6.10 Å². The molecule has 0 amide bonds. The number of carbonyl (C=O) groups excluding carboxylic acids is 2. The van der Waals surface area contributed by atoms with Crippen LogP contribution in [0.3, 0.4) is 0 Å². The molecule has 0 saturated carbocycles. The topological polar surface area (TPSA) is 72.8 Å². The van der Waals surface area contributed by atoms with Crippen LogP contribution in [0.15, 0.2) is 12.2 Å². The average molecular weight is 282 g/mol. The van der Waals surface area contributed by atoms with E-state index in [2.05, 4.69) is 6.58 Å². The van der Waals surface area contributed by atoms with Gasteiger partial charge in [-0.05, 0) is 19.3 Å². The van der Waals surface area contributed by atoms with Crippen molar-refractivity contribution in [1.29, 1.82) is 0 Å². The number of cyclic esters (lactones) is 1. The van der Waals surface area contributed by atoms with Gasteiger partial charge in [-0.25, -0.2) is 9.59 Å². The molecule has 0 aromatic rings. The van der Waals surface area contributed by atoms with Crippen molar-refractivity contribution in [1.82, 2.24) is 0 Å². The average Bonchev–Trinajstić information content (AvgIpc) is 2.89. The van der Waals surface area contributed by atoms with Crippen LogP contribution in [0.2, 0.25) is 0 Å². The van der Waals surface area contributed by atoms with E-state index in [4.69, 9.17) is 14.6 Å². The number of ether oxygens (including phenoxy) is 2. The largest absolute Gasteiger partial charge is 0.459 e. The highest BCUT2D eigenvalue weighted by atomic mass is 16.6. The standard InChI is InChI=1S/C15H22O5/c1-10-12-11(8-6-4-2-3-5-7-9-16)19-15(18)13(12)20-14(10)17/h11-13,16H,1-9H2. The van der Waals surface area contributed by atoms with Gasteiger partial charge in [-0.15, -0.1) is 0 Å². The molecular weight excluding hydrogens is 260 g/mol. The second-order valence-electron chi connectivity index (χ2n) is 5.49. The van der Waals surface area contributed by atoms with E-state index in [-0.39, 0.29) is 18.6 Å². The third kappa shape index (κ3) is 3.20. The molecule has 112 valence electrons. The highest BCUT2D eigenvalue weighted by Gasteiger charge is 2.54. The number of hydrogen-bond acceptors (Lipinski definition) is 5. The van der Waals surface area contributed by atoms with E-state index in [0.717, 1.165) is 44.9 Å². The number of carbonyl (C=O) groups is 2. The van der Waals surface area contributed by atoms with Crippen molar-refractivity contribution in [2.24, 2.45) is 5.92 Å². The maximum absolute atomic E-state index is 11.6. The summed E-state index contributed by atoms with van der Waals surface area (Å²) >= 11 is 0. The van der Waals surface area contributed by atoms with Gasteiger partial charge in [0.15, 0.2) is 0 Å². The van der Waals surface area contributed by atoms with Crippen LogP contribution in [0.4, 0.5) is 0 Å². The highest BCUT2D eigenvalue weighted by molar-refractivity contribution is 5.97. The predicted molar refractivity (Wildman–Crippen MR) is 71.8 cm³/mol. The lowest BCUT2D eigenvalue weighted by molar-refractivity contribution is -0.156. The summed E-state index contributed by atoms with van der Waals surface area (Å²) in [6, 6.07) is 0. The first-order chi connectivity index (χ1) is 9.65. The summed E-state index contributed by atoms with van der Waals surface area (Å²) in [5.74, 6) is -1.19. The van der Waals surface area contributed by atoms with Crippen molar-refractivity contribution < 1.29 is 24.2 Å². The molecule has 2 fully saturated rings. The van der Waals surface area contributed by atoms with E-state index in [0.29, 0.717) is 5.57 Å². The minimum absolute atomic E-state index is 0.260.